The van der Waals surface area contributed by atoms with Gasteiger partial charge in [0.1, 0.15) is 0 Å². The second-order valence-corrected chi connectivity index (χ2v) is 5.27. The number of aromatic nitrogens is 2. The highest BCUT2D eigenvalue weighted by Crippen LogP contribution is 2.29. The number of likely N-dealkylation sites (tertiary alicyclic amines) is 1. The average molecular weight is 250 g/mol. The van der Waals surface area contributed by atoms with Gasteiger partial charge in [0.25, 0.3) is 0 Å². The van der Waals surface area contributed by atoms with Gasteiger partial charge in [-0.05, 0) is 39.3 Å². The zero-order valence-electron chi connectivity index (χ0n) is 11.7. The summed E-state index contributed by atoms with van der Waals surface area (Å²) in [4.78, 5) is 2.55. The molecule has 0 spiro atoms. The van der Waals surface area contributed by atoms with E-state index in [1.54, 1.807) is 0 Å². The van der Waals surface area contributed by atoms with Crippen LogP contribution in [0.4, 0.5) is 0 Å². The minimum absolute atomic E-state index is 0.244. The van der Waals surface area contributed by atoms with Gasteiger partial charge in [-0.2, -0.15) is 5.10 Å². The highest BCUT2D eigenvalue weighted by atomic mass is 15.3. The summed E-state index contributed by atoms with van der Waals surface area (Å²) in [5.74, 6) is 0. The Labute approximate surface area is 110 Å². The van der Waals surface area contributed by atoms with E-state index in [-0.39, 0.29) is 6.04 Å². The fourth-order valence-corrected chi connectivity index (χ4v) is 2.96. The third-order valence-corrected chi connectivity index (χ3v) is 3.86. The largest absolute Gasteiger partial charge is 0.326 e. The van der Waals surface area contributed by atoms with E-state index in [9.17, 15) is 0 Å². The van der Waals surface area contributed by atoms with Gasteiger partial charge >= 0.3 is 0 Å². The summed E-state index contributed by atoms with van der Waals surface area (Å²) >= 11 is 0. The van der Waals surface area contributed by atoms with Gasteiger partial charge in [0, 0.05) is 24.3 Å². The average Bonchev–Trinajstić information content (AvgIpc) is 2.76. The van der Waals surface area contributed by atoms with Crippen molar-refractivity contribution < 1.29 is 0 Å². The summed E-state index contributed by atoms with van der Waals surface area (Å²) in [5, 5.41) is 4.40. The first kappa shape index (κ1) is 13.6. The monoisotopic (exact) mass is 250 g/mol. The van der Waals surface area contributed by atoms with E-state index in [1.165, 1.54) is 31.4 Å². The lowest BCUT2D eigenvalue weighted by Gasteiger charge is -2.32. The maximum atomic E-state index is 6.40. The summed E-state index contributed by atoms with van der Waals surface area (Å²) in [6, 6.07) is 0.598. The van der Waals surface area contributed by atoms with Crippen LogP contribution < -0.4 is 5.73 Å². The summed E-state index contributed by atoms with van der Waals surface area (Å²) < 4.78 is 2.00. The SMILES string of the molecule is CCCN1CCCCC(N)C1c1cnn(CC)c1. The van der Waals surface area contributed by atoms with Crippen LogP contribution in [-0.4, -0.2) is 33.8 Å². The first-order valence-electron chi connectivity index (χ1n) is 7.28. The molecular weight excluding hydrogens is 224 g/mol. The molecule has 1 aliphatic heterocycles. The van der Waals surface area contributed by atoms with Crippen molar-refractivity contribution in [2.24, 2.45) is 5.73 Å². The minimum Gasteiger partial charge on any atom is -0.326 e. The Morgan fingerprint density at radius 2 is 2.22 bits per heavy atom. The van der Waals surface area contributed by atoms with Crippen molar-refractivity contribution in [3.63, 3.8) is 0 Å². The molecule has 0 aliphatic carbocycles. The second kappa shape index (κ2) is 6.34. The van der Waals surface area contributed by atoms with Crippen molar-refractivity contribution in [3.05, 3.63) is 18.0 Å². The van der Waals surface area contributed by atoms with E-state index in [0.29, 0.717) is 6.04 Å². The van der Waals surface area contributed by atoms with Gasteiger partial charge in [-0.3, -0.25) is 9.58 Å². The molecule has 2 unspecified atom stereocenters. The molecule has 0 aromatic carbocycles. The van der Waals surface area contributed by atoms with Crippen molar-refractivity contribution >= 4 is 0 Å². The Balaban J connectivity index is 2.21. The predicted molar refractivity (Wildman–Crippen MR) is 74.3 cm³/mol. The molecule has 18 heavy (non-hydrogen) atoms. The van der Waals surface area contributed by atoms with Crippen molar-refractivity contribution in [2.45, 2.75) is 58.2 Å². The number of aryl methyl sites for hydroxylation is 1. The molecule has 1 aromatic heterocycles. The summed E-state index contributed by atoms with van der Waals surface area (Å²) in [6.07, 6.45) is 9.00. The molecular formula is C14H26N4. The molecule has 2 N–H and O–H groups in total. The molecule has 0 amide bonds. The van der Waals surface area contributed by atoms with Gasteiger partial charge in [0.15, 0.2) is 0 Å². The van der Waals surface area contributed by atoms with E-state index < -0.39 is 0 Å². The van der Waals surface area contributed by atoms with E-state index >= 15 is 0 Å². The van der Waals surface area contributed by atoms with E-state index in [2.05, 4.69) is 30.0 Å². The Bertz CT molecular complexity index is 360. The smallest absolute Gasteiger partial charge is 0.0538 e. The zero-order valence-corrected chi connectivity index (χ0v) is 11.7. The van der Waals surface area contributed by atoms with Crippen LogP contribution in [0, 0.1) is 0 Å². The van der Waals surface area contributed by atoms with Gasteiger partial charge in [0.05, 0.1) is 12.2 Å². The molecule has 102 valence electrons. The van der Waals surface area contributed by atoms with Crippen LogP contribution in [0.2, 0.25) is 0 Å². The third kappa shape index (κ3) is 2.93. The highest BCUT2D eigenvalue weighted by Gasteiger charge is 2.29. The van der Waals surface area contributed by atoms with Gasteiger partial charge < -0.3 is 5.73 Å². The summed E-state index contributed by atoms with van der Waals surface area (Å²) in [6.45, 7) is 7.59. The number of nitrogens with two attached hydrogens (primary N) is 1. The predicted octanol–water partition coefficient (Wildman–Crippen LogP) is 2.17. The van der Waals surface area contributed by atoms with Crippen LogP contribution >= 0.6 is 0 Å². The van der Waals surface area contributed by atoms with E-state index in [1.807, 2.05) is 10.9 Å². The lowest BCUT2D eigenvalue weighted by Crippen LogP contribution is -2.40. The summed E-state index contributed by atoms with van der Waals surface area (Å²) in [7, 11) is 0. The van der Waals surface area contributed by atoms with E-state index in [4.69, 9.17) is 5.73 Å². The van der Waals surface area contributed by atoms with Crippen molar-refractivity contribution in [2.75, 3.05) is 13.1 Å². The molecule has 4 nitrogen and oxygen atoms in total. The number of nitrogens with zero attached hydrogens (tertiary/aromatic N) is 3. The lowest BCUT2D eigenvalue weighted by atomic mass is 9.99. The summed E-state index contributed by atoms with van der Waals surface area (Å²) in [5.41, 5.74) is 7.70. The van der Waals surface area contributed by atoms with Gasteiger partial charge in [-0.25, -0.2) is 0 Å². The van der Waals surface area contributed by atoms with Gasteiger partial charge in [-0.15, -0.1) is 0 Å². The van der Waals surface area contributed by atoms with Crippen molar-refractivity contribution in [1.29, 1.82) is 0 Å². The first-order valence-corrected chi connectivity index (χ1v) is 7.28. The van der Waals surface area contributed by atoms with Crippen molar-refractivity contribution in [1.82, 2.24) is 14.7 Å². The van der Waals surface area contributed by atoms with Gasteiger partial charge in [0.2, 0.25) is 0 Å². The second-order valence-electron chi connectivity index (χ2n) is 5.27. The number of hydrogen-bond donors (Lipinski definition) is 1. The van der Waals surface area contributed by atoms with Gasteiger partial charge in [-0.1, -0.05) is 13.3 Å². The molecule has 2 heterocycles. The highest BCUT2D eigenvalue weighted by molar-refractivity contribution is 5.14. The number of hydrogen-bond acceptors (Lipinski definition) is 3. The first-order chi connectivity index (χ1) is 8.76. The molecule has 0 saturated carbocycles. The van der Waals surface area contributed by atoms with Crippen LogP contribution in [0.15, 0.2) is 12.4 Å². The van der Waals surface area contributed by atoms with Crippen molar-refractivity contribution in [3.8, 4) is 0 Å². The van der Waals surface area contributed by atoms with Crippen LogP contribution in [-0.2, 0) is 6.54 Å². The molecule has 0 bridgehead atoms. The lowest BCUT2D eigenvalue weighted by molar-refractivity contribution is 0.185. The number of rotatable bonds is 4. The molecule has 2 atom stereocenters. The molecule has 1 aromatic rings. The molecule has 0 radical (unpaired) electrons. The Morgan fingerprint density at radius 3 is 2.89 bits per heavy atom. The third-order valence-electron chi connectivity index (χ3n) is 3.86. The zero-order chi connectivity index (χ0) is 13.0. The molecule has 1 saturated heterocycles. The Morgan fingerprint density at radius 1 is 1.39 bits per heavy atom. The minimum atomic E-state index is 0.244. The maximum Gasteiger partial charge on any atom is 0.0538 e. The van der Waals surface area contributed by atoms with Crippen LogP contribution in [0.1, 0.15) is 51.1 Å². The van der Waals surface area contributed by atoms with E-state index in [0.717, 1.165) is 19.5 Å². The van der Waals surface area contributed by atoms with Crippen LogP contribution in [0.3, 0.4) is 0 Å². The standard InChI is InChI=1S/C14H26N4/c1-3-8-17-9-6-5-7-13(15)14(17)12-10-16-18(4-2)11-12/h10-11,13-14H,3-9,15H2,1-2H3. The quantitative estimate of drug-likeness (QED) is 0.891. The normalized spacial score (nSPS) is 26.2. The fraction of sp³-hybridized carbons (Fsp3) is 0.786. The van der Waals surface area contributed by atoms with Crippen LogP contribution in [0.5, 0.6) is 0 Å². The Hall–Kier alpha value is -0.870. The molecule has 1 fully saturated rings. The molecule has 1 aliphatic rings. The topological polar surface area (TPSA) is 47.1 Å². The van der Waals surface area contributed by atoms with Crippen LogP contribution in [0.25, 0.3) is 0 Å². The maximum absolute atomic E-state index is 6.40. The fourth-order valence-electron chi connectivity index (χ4n) is 2.96. The Kier molecular flexibility index (Phi) is 4.78. The molecule has 2 rings (SSSR count). The molecule has 4 heteroatoms.